The summed E-state index contributed by atoms with van der Waals surface area (Å²) in [5.74, 6) is -1.77. The maximum atomic E-state index is 13.3. The van der Waals surface area contributed by atoms with Gasteiger partial charge < -0.3 is 5.32 Å². The molecule has 1 atom stereocenters. The van der Waals surface area contributed by atoms with Crippen molar-refractivity contribution in [1.29, 1.82) is 0 Å². The van der Waals surface area contributed by atoms with Gasteiger partial charge in [-0.1, -0.05) is 36.4 Å². The summed E-state index contributed by atoms with van der Waals surface area (Å²) in [6, 6.07) is 10.0. The van der Waals surface area contributed by atoms with Crippen molar-refractivity contribution in [2.24, 2.45) is 0 Å². The van der Waals surface area contributed by atoms with E-state index in [0.717, 1.165) is 12.1 Å². The molecular formula is C20H20F4N2O3S. The Morgan fingerprint density at radius 3 is 2.30 bits per heavy atom. The highest BCUT2D eigenvalue weighted by Crippen LogP contribution is 2.32. The summed E-state index contributed by atoms with van der Waals surface area (Å²) in [6.07, 6.45) is -4.76. The second kappa shape index (κ2) is 8.73. The summed E-state index contributed by atoms with van der Waals surface area (Å²) in [4.78, 5) is 14.6. The first kappa shape index (κ1) is 22.2. The third kappa shape index (κ3) is 5.37. The lowest BCUT2D eigenvalue weighted by molar-refractivity contribution is -0.138. The van der Waals surface area contributed by atoms with Crippen molar-refractivity contribution < 1.29 is 30.8 Å². The number of halogens is 4. The zero-order valence-electron chi connectivity index (χ0n) is 15.8. The number of sulfone groups is 1. The van der Waals surface area contributed by atoms with E-state index in [1.54, 1.807) is 35.2 Å². The molecule has 2 aromatic rings. The lowest BCUT2D eigenvalue weighted by atomic mass is 10.0. The molecule has 0 radical (unpaired) electrons. The molecule has 1 aliphatic rings. The second-order valence-electron chi connectivity index (χ2n) is 7.02. The number of alkyl halides is 3. The maximum absolute atomic E-state index is 13.3. The molecule has 10 heteroatoms. The summed E-state index contributed by atoms with van der Waals surface area (Å²) in [5.41, 5.74) is -0.808. The molecule has 2 aromatic carbocycles. The molecule has 1 amide bonds. The molecule has 5 nitrogen and oxygen atoms in total. The van der Waals surface area contributed by atoms with Crippen LogP contribution in [-0.4, -0.2) is 43.8 Å². The van der Waals surface area contributed by atoms with Crippen LogP contribution in [0.5, 0.6) is 0 Å². The minimum absolute atomic E-state index is 0.0974. The molecule has 1 saturated heterocycles. The zero-order valence-corrected chi connectivity index (χ0v) is 16.6. The van der Waals surface area contributed by atoms with Gasteiger partial charge in [-0.25, -0.2) is 12.8 Å². The van der Waals surface area contributed by atoms with Crippen molar-refractivity contribution in [3.63, 3.8) is 0 Å². The minimum atomic E-state index is -4.76. The molecule has 0 bridgehead atoms. The summed E-state index contributed by atoms with van der Waals surface area (Å²) in [5, 5.41) is 2.50. The van der Waals surface area contributed by atoms with E-state index in [0.29, 0.717) is 11.6 Å². The van der Waals surface area contributed by atoms with Crippen molar-refractivity contribution in [1.82, 2.24) is 10.2 Å². The van der Waals surface area contributed by atoms with Crippen LogP contribution in [0.2, 0.25) is 0 Å². The van der Waals surface area contributed by atoms with E-state index in [9.17, 15) is 30.8 Å². The molecule has 1 unspecified atom stereocenters. The number of rotatable bonds is 5. The number of carbonyl (C=O) groups is 1. The lowest BCUT2D eigenvalue weighted by Gasteiger charge is -2.33. The van der Waals surface area contributed by atoms with E-state index >= 15 is 0 Å². The number of hydrogen-bond donors (Lipinski definition) is 1. The van der Waals surface area contributed by atoms with Crippen molar-refractivity contribution >= 4 is 15.7 Å². The van der Waals surface area contributed by atoms with Gasteiger partial charge in [-0.2, -0.15) is 13.2 Å². The van der Waals surface area contributed by atoms with Gasteiger partial charge in [0.1, 0.15) is 11.9 Å². The van der Waals surface area contributed by atoms with Crippen LogP contribution < -0.4 is 5.32 Å². The first-order valence-electron chi connectivity index (χ1n) is 9.19. The molecule has 0 spiro atoms. The Morgan fingerprint density at radius 2 is 1.70 bits per heavy atom. The topological polar surface area (TPSA) is 66.5 Å². The Kier molecular flexibility index (Phi) is 6.47. The van der Waals surface area contributed by atoms with E-state index in [-0.39, 0.29) is 30.2 Å². The standard InChI is InChI=1S/C20H20F4N2O3S/c21-16-7-6-15(17(12-16)20(22,23)24)13-25-19(27)18(14-4-2-1-3-5-14)26-8-10-30(28,29)11-9-26/h1-7,12,18H,8-11,13H2,(H,25,27). The highest BCUT2D eigenvalue weighted by molar-refractivity contribution is 7.91. The fraction of sp³-hybridized carbons (Fsp3) is 0.350. The summed E-state index contributed by atoms with van der Waals surface area (Å²) in [6.45, 7) is -0.164. The molecular weight excluding hydrogens is 424 g/mol. The summed E-state index contributed by atoms with van der Waals surface area (Å²) in [7, 11) is -3.17. The second-order valence-corrected chi connectivity index (χ2v) is 9.32. The quantitative estimate of drug-likeness (QED) is 0.721. The van der Waals surface area contributed by atoms with Gasteiger partial charge in [-0.15, -0.1) is 0 Å². The number of carbonyl (C=O) groups excluding carboxylic acids is 1. The van der Waals surface area contributed by atoms with Crippen molar-refractivity contribution in [3.05, 3.63) is 71.0 Å². The Balaban J connectivity index is 1.81. The number of amides is 1. The zero-order chi connectivity index (χ0) is 21.9. The third-order valence-corrected chi connectivity index (χ3v) is 6.55. The number of nitrogens with one attached hydrogen (secondary N) is 1. The first-order chi connectivity index (χ1) is 14.1. The number of nitrogens with zero attached hydrogens (tertiary/aromatic N) is 1. The number of benzene rings is 2. The van der Waals surface area contributed by atoms with Crippen LogP contribution in [0.25, 0.3) is 0 Å². The Labute approximate surface area is 171 Å². The van der Waals surface area contributed by atoms with E-state index in [1.165, 1.54) is 0 Å². The monoisotopic (exact) mass is 444 g/mol. The molecule has 1 heterocycles. The van der Waals surface area contributed by atoms with Crippen LogP contribution in [0.1, 0.15) is 22.7 Å². The highest BCUT2D eigenvalue weighted by Gasteiger charge is 2.35. The summed E-state index contributed by atoms with van der Waals surface area (Å²) >= 11 is 0. The average molecular weight is 444 g/mol. The Hall–Kier alpha value is -2.46. The van der Waals surface area contributed by atoms with E-state index < -0.39 is 45.9 Å². The number of hydrogen-bond acceptors (Lipinski definition) is 4. The molecule has 1 N–H and O–H groups in total. The normalized spacial score (nSPS) is 18.0. The van der Waals surface area contributed by atoms with Gasteiger partial charge in [0.15, 0.2) is 9.84 Å². The SMILES string of the molecule is O=C(NCc1ccc(F)cc1C(F)(F)F)C(c1ccccc1)N1CCS(=O)(=O)CC1. The fourth-order valence-electron chi connectivity index (χ4n) is 3.39. The van der Waals surface area contributed by atoms with E-state index in [4.69, 9.17) is 0 Å². The van der Waals surface area contributed by atoms with E-state index in [1.807, 2.05) is 0 Å². The van der Waals surface area contributed by atoms with Gasteiger partial charge in [-0.05, 0) is 23.3 Å². The average Bonchev–Trinajstić information content (AvgIpc) is 2.68. The molecule has 0 aliphatic carbocycles. The van der Waals surface area contributed by atoms with Gasteiger partial charge in [-0.3, -0.25) is 9.69 Å². The third-order valence-electron chi connectivity index (χ3n) is 4.94. The van der Waals surface area contributed by atoms with Crippen molar-refractivity contribution in [3.8, 4) is 0 Å². The first-order valence-corrected chi connectivity index (χ1v) is 11.0. The summed E-state index contributed by atoms with van der Waals surface area (Å²) < 4.78 is 76.3. The largest absolute Gasteiger partial charge is 0.416 e. The molecule has 1 fully saturated rings. The van der Waals surface area contributed by atoms with Gasteiger partial charge in [0.05, 0.1) is 17.1 Å². The lowest BCUT2D eigenvalue weighted by Crippen LogP contribution is -2.47. The smallest absolute Gasteiger partial charge is 0.350 e. The highest BCUT2D eigenvalue weighted by atomic mass is 32.2. The molecule has 3 rings (SSSR count). The fourth-order valence-corrected chi connectivity index (χ4v) is 4.62. The molecule has 0 aromatic heterocycles. The van der Waals surface area contributed by atoms with Crippen LogP contribution in [0, 0.1) is 5.82 Å². The van der Waals surface area contributed by atoms with Crippen molar-refractivity contribution in [2.45, 2.75) is 18.8 Å². The van der Waals surface area contributed by atoms with Gasteiger partial charge >= 0.3 is 6.18 Å². The minimum Gasteiger partial charge on any atom is -0.350 e. The predicted molar refractivity (Wildman–Crippen MR) is 103 cm³/mol. The van der Waals surface area contributed by atoms with Crippen molar-refractivity contribution in [2.75, 3.05) is 24.6 Å². The molecule has 30 heavy (non-hydrogen) atoms. The molecule has 162 valence electrons. The Morgan fingerprint density at radius 1 is 1.07 bits per heavy atom. The molecule has 1 aliphatic heterocycles. The van der Waals surface area contributed by atoms with Crippen LogP contribution in [0.15, 0.2) is 48.5 Å². The van der Waals surface area contributed by atoms with Gasteiger partial charge in [0, 0.05) is 19.6 Å². The maximum Gasteiger partial charge on any atom is 0.416 e. The van der Waals surface area contributed by atoms with Gasteiger partial charge in [0.2, 0.25) is 5.91 Å². The van der Waals surface area contributed by atoms with Crippen LogP contribution >= 0.6 is 0 Å². The van der Waals surface area contributed by atoms with Crippen LogP contribution in [0.4, 0.5) is 17.6 Å². The van der Waals surface area contributed by atoms with Crippen LogP contribution in [-0.2, 0) is 27.4 Å². The van der Waals surface area contributed by atoms with Gasteiger partial charge in [0.25, 0.3) is 0 Å². The Bertz CT molecular complexity index is 996. The molecule has 0 saturated carbocycles. The predicted octanol–water partition coefficient (Wildman–Crippen LogP) is 2.93. The van der Waals surface area contributed by atoms with Crippen LogP contribution in [0.3, 0.4) is 0 Å². The van der Waals surface area contributed by atoms with E-state index in [2.05, 4.69) is 5.32 Å².